The Balaban J connectivity index is 1.36. The first-order valence-electron chi connectivity index (χ1n) is 13.3. The Labute approximate surface area is 252 Å². The number of furan rings is 1. The van der Waals surface area contributed by atoms with E-state index < -0.39 is 0 Å². The summed E-state index contributed by atoms with van der Waals surface area (Å²) < 4.78 is 12.2. The number of carbonyl (C=O) groups is 1. The van der Waals surface area contributed by atoms with E-state index in [1.165, 1.54) is 4.88 Å². The third kappa shape index (κ3) is 6.88. The second kappa shape index (κ2) is 12.3. The molecule has 1 aliphatic rings. The molecule has 1 atom stereocenters. The van der Waals surface area contributed by atoms with Crippen molar-refractivity contribution < 1.29 is 13.9 Å². The smallest absolute Gasteiger partial charge is 0.255 e. The topological polar surface area (TPSA) is 63.8 Å². The van der Waals surface area contributed by atoms with E-state index >= 15 is 0 Å². The molecule has 8 heteroatoms. The van der Waals surface area contributed by atoms with Gasteiger partial charge in [0.1, 0.15) is 23.1 Å². The van der Waals surface area contributed by atoms with Crippen LogP contribution in [0.4, 0.5) is 5.00 Å². The number of thiophene rings is 1. The average molecular weight is 640 g/mol. The quantitative estimate of drug-likeness (QED) is 0.196. The first kappa shape index (κ1) is 28.7. The standard InChI is InChI=1S/C32H32BrClN2O3S/c1-32(2,3)22-9-12-25-28(16-22)40-31(29(25)30(37)35-18-24-5-4-14-38-24)36-17-21-8-13-27(26(33)15-21)39-19-20-6-10-23(34)11-7-20/h4-8,10-11,13-15,17,22H,9,12,16,18-19H2,1-3H3,(H,35,37)/t22-/m0/s1. The largest absolute Gasteiger partial charge is 0.488 e. The zero-order valence-electron chi connectivity index (χ0n) is 22.8. The van der Waals surface area contributed by atoms with Crippen LogP contribution in [0.25, 0.3) is 0 Å². The maximum absolute atomic E-state index is 13.4. The van der Waals surface area contributed by atoms with Crippen molar-refractivity contribution in [2.45, 2.75) is 53.2 Å². The number of halogens is 2. The molecule has 0 fully saturated rings. The zero-order valence-corrected chi connectivity index (χ0v) is 26.0. The number of hydrogen-bond acceptors (Lipinski definition) is 5. The first-order valence-corrected chi connectivity index (χ1v) is 15.3. The van der Waals surface area contributed by atoms with E-state index in [9.17, 15) is 4.79 Å². The third-order valence-corrected chi connectivity index (χ3v) is 9.33. The lowest BCUT2D eigenvalue weighted by Gasteiger charge is -2.33. The Morgan fingerprint density at radius 1 is 1.23 bits per heavy atom. The molecule has 2 aromatic carbocycles. The molecule has 5 rings (SSSR count). The number of nitrogens with zero attached hydrogens (tertiary/aromatic N) is 1. The summed E-state index contributed by atoms with van der Waals surface area (Å²) in [6, 6.07) is 17.1. The lowest BCUT2D eigenvalue weighted by atomic mass is 9.72. The molecule has 0 spiro atoms. The minimum atomic E-state index is -0.109. The molecule has 1 amide bonds. The fourth-order valence-corrected chi connectivity index (χ4v) is 6.80. The van der Waals surface area contributed by atoms with Crippen molar-refractivity contribution in [3.05, 3.63) is 103 Å². The molecule has 1 N–H and O–H groups in total. The predicted molar refractivity (Wildman–Crippen MR) is 166 cm³/mol. The normalized spacial score (nSPS) is 15.3. The van der Waals surface area contributed by atoms with Crippen molar-refractivity contribution in [2.75, 3.05) is 0 Å². The molecule has 2 heterocycles. The zero-order chi connectivity index (χ0) is 28.3. The van der Waals surface area contributed by atoms with Crippen LogP contribution in [0.15, 0.2) is 74.7 Å². The van der Waals surface area contributed by atoms with Crippen LogP contribution in [0, 0.1) is 11.3 Å². The highest BCUT2D eigenvalue weighted by Gasteiger charge is 2.33. The fourth-order valence-electron chi connectivity index (χ4n) is 4.89. The van der Waals surface area contributed by atoms with Crippen LogP contribution < -0.4 is 10.1 Å². The van der Waals surface area contributed by atoms with Crippen LogP contribution in [-0.4, -0.2) is 12.1 Å². The molecule has 5 nitrogen and oxygen atoms in total. The van der Waals surface area contributed by atoms with Gasteiger partial charge >= 0.3 is 0 Å². The number of ether oxygens (including phenoxy) is 1. The van der Waals surface area contributed by atoms with Gasteiger partial charge in [-0.2, -0.15) is 0 Å². The highest BCUT2D eigenvalue weighted by Crippen LogP contribution is 2.45. The van der Waals surface area contributed by atoms with Gasteiger partial charge in [0, 0.05) is 16.1 Å². The van der Waals surface area contributed by atoms with Crippen LogP contribution in [0.3, 0.4) is 0 Å². The lowest BCUT2D eigenvalue weighted by molar-refractivity contribution is 0.0947. The van der Waals surface area contributed by atoms with Crippen molar-refractivity contribution in [3.8, 4) is 5.75 Å². The van der Waals surface area contributed by atoms with E-state index in [0.717, 1.165) is 56.9 Å². The predicted octanol–water partition coefficient (Wildman–Crippen LogP) is 9.17. The molecule has 0 saturated carbocycles. The van der Waals surface area contributed by atoms with Gasteiger partial charge in [0.15, 0.2) is 0 Å². The number of aliphatic imine (C=N–C) groups is 1. The Hall–Kier alpha value is -2.87. The van der Waals surface area contributed by atoms with Crippen molar-refractivity contribution in [3.63, 3.8) is 0 Å². The molecule has 0 radical (unpaired) electrons. The van der Waals surface area contributed by atoms with Crippen molar-refractivity contribution >= 4 is 56.0 Å². The number of fused-ring (bicyclic) bond motifs is 1. The SMILES string of the molecule is CC(C)(C)[C@H]1CCc2c(sc(N=Cc3ccc(OCc4ccc(Cl)cc4)c(Br)c3)c2C(=O)NCc2ccco2)C1. The molecule has 208 valence electrons. The minimum absolute atomic E-state index is 0.109. The second-order valence-corrected chi connectivity index (χ2v) is 13.5. The Bertz CT molecular complexity index is 1500. The molecule has 40 heavy (non-hydrogen) atoms. The molecule has 0 bridgehead atoms. The molecule has 0 aliphatic heterocycles. The number of carbonyl (C=O) groups excluding carboxylic acids is 1. The summed E-state index contributed by atoms with van der Waals surface area (Å²) in [4.78, 5) is 19.6. The highest BCUT2D eigenvalue weighted by atomic mass is 79.9. The van der Waals surface area contributed by atoms with Gasteiger partial charge in [-0.25, -0.2) is 4.99 Å². The maximum Gasteiger partial charge on any atom is 0.255 e. The Morgan fingerprint density at radius 3 is 2.73 bits per heavy atom. The van der Waals surface area contributed by atoms with E-state index in [2.05, 4.69) is 42.0 Å². The summed E-state index contributed by atoms with van der Waals surface area (Å²) in [7, 11) is 0. The van der Waals surface area contributed by atoms with Gasteiger partial charge in [-0.3, -0.25) is 4.79 Å². The average Bonchev–Trinajstić information content (AvgIpc) is 3.58. The van der Waals surface area contributed by atoms with E-state index in [1.807, 2.05) is 60.8 Å². The summed E-state index contributed by atoms with van der Waals surface area (Å²) in [5.41, 5.74) is 4.00. The summed E-state index contributed by atoms with van der Waals surface area (Å²) >= 11 is 11.2. The van der Waals surface area contributed by atoms with Gasteiger partial charge in [0.2, 0.25) is 0 Å². The third-order valence-electron chi connectivity index (χ3n) is 7.30. The van der Waals surface area contributed by atoms with Crippen LogP contribution in [0.5, 0.6) is 5.75 Å². The molecule has 4 aromatic rings. The molecule has 0 saturated heterocycles. The molecule has 0 unspecified atom stereocenters. The van der Waals surface area contributed by atoms with E-state index in [1.54, 1.807) is 17.6 Å². The summed E-state index contributed by atoms with van der Waals surface area (Å²) in [6.45, 7) is 7.68. The number of rotatable bonds is 8. The monoisotopic (exact) mass is 638 g/mol. The van der Waals surface area contributed by atoms with Crippen molar-refractivity contribution in [1.29, 1.82) is 0 Å². The van der Waals surface area contributed by atoms with Crippen LogP contribution >= 0.6 is 38.9 Å². The van der Waals surface area contributed by atoms with E-state index in [-0.39, 0.29) is 11.3 Å². The highest BCUT2D eigenvalue weighted by molar-refractivity contribution is 9.10. The van der Waals surface area contributed by atoms with Crippen LogP contribution in [0.2, 0.25) is 5.02 Å². The number of nitrogens with one attached hydrogen (secondary N) is 1. The second-order valence-electron chi connectivity index (χ2n) is 11.1. The molecular weight excluding hydrogens is 608 g/mol. The van der Waals surface area contributed by atoms with E-state index in [4.69, 9.17) is 25.7 Å². The van der Waals surface area contributed by atoms with Crippen molar-refractivity contribution in [1.82, 2.24) is 5.32 Å². The van der Waals surface area contributed by atoms with Crippen LogP contribution in [-0.2, 0) is 26.0 Å². The summed E-state index contributed by atoms with van der Waals surface area (Å²) in [5, 5.41) is 4.48. The lowest BCUT2D eigenvalue weighted by Crippen LogP contribution is -2.28. The van der Waals surface area contributed by atoms with Gasteiger partial charge < -0.3 is 14.5 Å². The van der Waals surface area contributed by atoms with E-state index in [0.29, 0.717) is 29.7 Å². The molecule has 2 aromatic heterocycles. The molecular formula is C32H32BrClN2O3S. The minimum Gasteiger partial charge on any atom is -0.488 e. The molecule has 1 aliphatic carbocycles. The number of amides is 1. The van der Waals surface area contributed by atoms with Gasteiger partial charge in [0.05, 0.1) is 22.8 Å². The Morgan fingerprint density at radius 2 is 2.02 bits per heavy atom. The number of hydrogen-bond donors (Lipinski definition) is 1. The van der Waals surface area contributed by atoms with Gasteiger partial charge in [-0.05, 0) is 106 Å². The summed E-state index contributed by atoms with van der Waals surface area (Å²) in [5.74, 6) is 1.93. The van der Waals surface area contributed by atoms with Gasteiger partial charge in [0.25, 0.3) is 5.91 Å². The Kier molecular flexibility index (Phi) is 8.83. The number of benzene rings is 2. The van der Waals surface area contributed by atoms with Gasteiger partial charge in [-0.1, -0.05) is 44.5 Å². The van der Waals surface area contributed by atoms with Crippen molar-refractivity contribution in [2.24, 2.45) is 16.3 Å². The fraction of sp³-hybridized carbons (Fsp3) is 0.312. The van der Waals surface area contributed by atoms with Crippen LogP contribution in [0.1, 0.15) is 64.9 Å². The summed E-state index contributed by atoms with van der Waals surface area (Å²) in [6.07, 6.45) is 6.36. The first-order chi connectivity index (χ1) is 19.2. The maximum atomic E-state index is 13.4. The van der Waals surface area contributed by atoms with Gasteiger partial charge in [-0.15, -0.1) is 11.3 Å².